The van der Waals surface area contributed by atoms with Crippen LogP contribution in [0.25, 0.3) is 0 Å². The van der Waals surface area contributed by atoms with Crippen molar-refractivity contribution in [3.05, 3.63) is 87.7 Å². The molecule has 12 heteroatoms. The van der Waals surface area contributed by atoms with Gasteiger partial charge in [-0.3, -0.25) is 9.52 Å². The lowest BCUT2D eigenvalue weighted by atomic mass is 10.2. The summed E-state index contributed by atoms with van der Waals surface area (Å²) >= 11 is 11.4. The van der Waals surface area contributed by atoms with Crippen LogP contribution in [-0.2, 0) is 16.2 Å². The first kappa shape index (κ1) is 23.8. The molecule has 0 saturated heterocycles. The Morgan fingerprint density at radius 2 is 1.59 bits per heavy atom. The number of benzene rings is 3. The summed E-state index contributed by atoms with van der Waals surface area (Å²) in [6.07, 6.45) is -4.80. The highest BCUT2D eigenvalue weighted by Gasteiger charge is 2.33. The SMILES string of the molecule is O=C(Nc1ccc(S(=O)(=O)Nc2ccc(Cl)c(C(F)(F)F)c2)cc1F)c1ccccc1Cl. The van der Waals surface area contributed by atoms with E-state index in [1.165, 1.54) is 12.1 Å². The predicted octanol–water partition coefficient (Wildman–Crippen LogP) is 6.20. The van der Waals surface area contributed by atoms with Gasteiger partial charge in [0.15, 0.2) is 0 Å². The van der Waals surface area contributed by atoms with Gasteiger partial charge in [-0.2, -0.15) is 13.2 Å². The molecule has 0 fully saturated rings. The number of carbonyl (C=O) groups excluding carboxylic acids is 1. The van der Waals surface area contributed by atoms with E-state index in [0.717, 1.165) is 24.3 Å². The van der Waals surface area contributed by atoms with Gasteiger partial charge < -0.3 is 5.32 Å². The molecule has 1 amide bonds. The van der Waals surface area contributed by atoms with E-state index in [0.29, 0.717) is 12.1 Å². The van der Waals surface area contributed by atoms with Gasteiger partial charge in [0.1, 0.15) is 5.82 Å². The number of sulfonamides is 1. The van der Waals surface area contributed by atoms with Crippen LogP contribution in [0.1, 0.15) is 15.9 Å². The lowest BCUT2D eigenvalue weighted by Gasteiger charge is -2.13. The summed E-state index contributed by atoms with van der Waals surface area (Å²) in [7, 11) is -4.45. The maximum absolute atomic E-state index is 14.5. The molecule has 0 saturated carbocycles. The maximum Gasteiger partial charge on any atom is 0.417 e. The van der Waals surface area contributed by atoms with E-state index in [9.17, 15) is 30.8 Å². The Hall–Kier alpha value is -2.82. The number of amides is 1. The standard InChI is InChI=1S/C20H12Cl2F4N2O3S/c21-15-4-2-1-3-13(15)19(29)27-18-8-6-12(10-17(18)23)32(30,31)28-11-5-7-16(22)14(9-11)20(24,25)26/h1-10,28H,(H,27,29). The van der Waals surface area contributed by atoms with Crippen molar-refractivity contribution in [3.63, 3.8) is 0 Å². The smallest absolute Gasteiger partial charge is 0.319 e. The normalized spacial score (nSPS) is 11.8. The molecule has 3 aromatic carbocycles. The molecule has 0 unspecified atom stereocenters. The van der Waals surface area contributed by atoms with Crippen molar-refractivity contribution in [3.8, 4) is 0 Å². The Morgan fingerprint density at radius 1 is 0.906 bits per heavy atom. The Morgan fingerprint density at radius 3 is 2.22 bits per heavy atom. The number of hydrogen-bond donors (Lipinski definition) is 2. The molecule has 0 spiro atoms. The number of alkyl halides is 3. The molecule has 2 N–H and O–H groups in total. The highest BCUT2D eigenvalue weighted by Crippen LogP contribution is 2.36. The third-order valence-corrected chi connectivity index (χ3v) is 6.18. The minimum absolute atomic E-state index is 0.0788. The number of rotatable bonds is 5. The minimum atomic E-state index is -4.80. The Balaban J connectivity index is 1.84. The Kier molecular flexibility index (Phi) is 6.68. The van der Waals surface area contributed by atoms with Crippen LogP contribution in [0.5, 0.6) is 0 Å². The molecule has 0 atom stereocenters. The van der Waals surface area contributed by atoms with E-state index in [1.807, 2.05) is 4.72 Å². The van der Waals surface area contributed by atoms with Crippen molar-refractivity contribution >= 4 is 50.5 Å². The van der Waals surface area contributed by atoms with Crippen LogP contribution in [0.3, 0.4) is 0 Å². The second-order valence-electron chi connectivity index (χ2n) is 6.37. The van der Waals surface area contributed by atoms with Crippen molar-refractivity contribution in [2.24, 2.45) is 0 Å². The molecule has 0 aliphatic carbocycles. The Labute approximate surface area is 190 Å². The predicted molar refractivity (Wildman–Crippen MR) is 113 cm³/mol. The molecular weight excluding hydrogens is 495 g/mol. The Bertz CT molecular complexity index is 1300. The van der Waals surface area contributed by atoms with Crippen LogP contribution in [0, 0.1) is 5.82 Å². The molecule has 32 heavy (non-hydrogen) atoms. The van der Waals surface area contributed by atoms with Crippen LogP contribution in [0.2, 0.25) is 10.0 Å². The van der Waals surface area contributed by atoms with E-state index in [2.05, 4.69) is 5.32 Å². The largest absolute Gasteiger partial charge is 0.417 e. The number of anilines is 2. The van der Waals surface area contributed by atoms with E-state index >= 15 is 0 Å². The number of nitrogens with one attached hydrogen (secondary N) is 2. The fraction of sp³-hybridized carbons (Fsp3) is 0.0500. The fourth-order valence-corrected chi connectivity index (χ4v) is 4.13. The van der Waals surface area contributed by atoms with E-state index in [4.69, 9.17) is 23.2 Å². The quantitative estimate of drug-likeness (QED) is 0.404. The van der Waals surface area contributed by atoms with Gasteiger partial charge in [-0.25, -0.2) is 12.8 Å². The molecule has 168 valence electrons. The topological polar surface area (TPSA) is 75.3 Å². The van der Waals surface area contributed by atoms with Crippen molar-refractivity contribution in [1.29, 1.82) is 0 Å². The van der Waals surface area contributed by atoms with Crippen LogP contribution in [0.4, 0.5) is 28.9 Å². The third-order valence-electron chi connectivity index (χ3n) is 4.14. The monoisotopic (exact) mass is 506 g/mol. The van der Waals surface area contributed by atoms with Crippen molar-refractivity contribution < 1.29 is 30.8 Å². The van der Waals surface area contributed by atoms with Crippen LogP contribution < -0.4 is 10.0 Å². The summed E-state index contributed by atoms with van der Waals surface area (Å²) < 4.78 is 80.3. The van der Waals surface area contributed by atoms with Gasteiger partial charge in [-0.05, 0) is 48.5 Å². The van der Waals surface area contributed by atoms with Crippen LogP contribution in [0.15, 0.2) is 65.6 Å². The first-order valence-electron chi connectivity index (χ1n) is 8.63. The van der Waals surface area contributed by atoms with Gasteiger partial charge in [-0.1, -0.05) is 35.3 Å². The first-order chi connectivity index (χ1) is 14.9. The molecule has 0 aliphatic heterocycles. The number of halogens is 6. The minimum Gasteiger partial charge on any atom is -0.319 e. The molecule has 0 heterocycles. The first-order valence-corrected chi connectivity index (χ1v) is 10.9. The molecular formula is C20H12Cl2F4N2O3S. The number of carbonyl (C=O) groups is 1. The zero-order valence-corrected chi connectivity index (χ0v) is 18.0. The molecule has 3 rings (SSSR count). The molecule has 0 bridgehead atoms. The summed E-state index contributed by atoms with van der Waals surface area (Å²) in [5, 5.41) is 1.80. The average molecular weight is 507 g/mol. The van der Waals surface area contributed by atoms with Crippen molar-refractivity contribution in [2.45, 2.75) is 11.1 Å². The summed E-state index contributed by atoms with van der Waals surface area (Å²) in [4.78, 5) is 11.7. The highest BCUT2D eigenvalue weighted by molar-refractivity contribution is 7.92. The van der Waals surface area contributed by atoms with Gasteiger partial charge in [0.05, 0.1) is 31.8 Å². The van der Waals surface area contributed by atoms with Crippen molar-refractivity contribution in [1.82, 2.24) is 0 Å². The van der Waals surface area contributed by atoms with Gasteiger partial charge in [0.25, 0.3) is 15.9 Å². The molecule has 5 nitrogen and oxygen atoms in total. The lowest BCUT2D eigenvalue weighted by Crippen LogP contribution is -2.16. The molecule has 3 aromatic rings. The van der Waals surface area contributed by atoms with E-state index in [-0.39, 0.29) is 16.3 Å². The van der Waals surface area contributed by atoms with E-state index < -0.39 is 49.1 Å². The summed E-state index contributed by atoms with van der Waals surface area (Å²) in [6.45, 7) is 0. The fourth-order valence-electron chi connectivity index (χ4n) is 2.62. The molecule has 0 radical (unpaired) electrons. The average Bonchev–Trinajstić information content (AvgIpc) is 2.70. The maximum atomic E-state index is 14.5. The van der Waals surface area contributed by atoms with Gasteiger partial charge in [-0.15, -0.1) is 0 Å². The lowest BCUT2D eigenvalue weighted by molar-refractivity contribution is -0.137. The second kappa shape index (κ2) is 8.97. The second-order valence-corrected chi connectivity index (χ2v) is 8.87. The zero-order chi connectivity index (χ0) is 23.7. The molecule has 0 aliphatic rings. The summed E-state index contributed by atoms with van der Waals surface area (Å²) in [6, 6.07) is 11.1. The number of hydrogen-bond acceptors (Lipinski definition) is 3. The van der Waals surface area contributed by atoms with Crippen LogP contribution >= 0.6 is 23.2 Å². The summed E-state index contributed by atoms with van der Waals surface area (Å²) in [5.41, 5.74) is -1.89. The van der Waals surface area contributed by atoms with Crippen molar-refractivity contribution in [2.75, 3.05) is 10.0 Å². The zero-order valence-electron chi connectivity index (χ0n) is 15.7. The van der Waals surface area contributed by atoms with Gasteiger partial charge >= 0.3 is 6.18 Å². The highest BCUT2D eigenvalue weighted by atomic mass is 35.5. The third kappa shape index (κ3) is 5.32. The van der Waals surface area contributed by atoms with E-state index in [1.54, 1.807) is 12.1 Å². The summed E-state index contributed by atoms with van der Waals surface area (Å²) in [5.74, 6) is -1.80. The van der Waals surface area contributed by atoms with Gasteiger partial charge in [0, 0.05) is 5.69 Å². The van der Waals surface area contributed by atoms with Crippen LogP contribution in [-0.4, -0.2) is 14.3 Å². The molecule has 0 aromatic heterocycles. The van der Waals surface area contributed by atoms with Gasteiger partial charge in [0.2, 0.25) is 0 Å².